The van der Waals surface area contributed by atoms with Crippen molar-refractivity contribution in [2.45, 2.75) is 32.7 Å². The first kappa shape index (κ1) is 17.4. The second-order valence-electron chi connectivity index (χ2n) is 5.83. The lowest BCUT2D eigenvalue weighted by molar-refractivity contribution is -0.118. The van der Waals surface area contributed by atoms with Gasteiger partial charge in [0.25, 0.3) is 0 Å². The average Bonchev–Trinajstić information content (AvgIpc) is 2.98. The molecule has 1 aromatic heterocycles. The van der Waals surface area contributed by atoms with Crippen molar-refractivity contribution in [2.75, 3.05) is 7.11 Å². The van der Waals surface area contributed by atoms with Gasteiger partial charge in [0.15, 0.2) is 4.80 Å². The number of ether oxygens (including phenoxy) is 1. The molecule has 130 valence electrons. The van der Waals surface area contributed by atoms with Crippen molar-refractivity contribution in [1.82, 2.24) is 4.57 Å². The number of amides is 1. The van der Waals surface area contributed by atoms with Gasteiger partial charge in [-0.2, -0.15) is 4.99 Å². The van der Waals surface area contributed by atoms with Crippen LogP contribution in [0.5, 0.6) is 5.75 Å². The molecule has 5 heteroatoms. The zero-order valence-electron chi connectivity index (χ0n) is 14.6. The molecule has 0 bridgehead atoms. The topological polar surface area (TPSA) is 43.6 Å². The van der Waals surface area contributed by atoms with Gasteiger partial charge in [-0.25, -0.2) is 0 Å². The summed E-state index contributed by atoms with van der Waals surface area (Å²) in [5.41, 5.74) is 2.18. The lowest BCUT2D eigenvalue weighted by atomic mass is 10.1. The Hall–Kier alpha value is -2.40. The lowest BCUT2D eigenvalue weighted by Crippen LogP contribution is -2.17. The molecule has 3 rings (SSSR count). The van der Waals surface area contributed by atoms with Crippen LogP contribution in [0.2, 0.25) is 0 Å². The smallest absolute Gasteiger partial charge is 0.248 e. The Bertz CT molecular complexity index is 926. The number of hydrogen-bond acceptors (Lipinski definition) is 3. The minimum absolute atomic E-state index is 0.0840. The zero-order chi connectivity index (χ0) is 17.6. The highest BCUT2D eigenvalue weighted by Gasteiger charge is 2.11. The van der Waals surface area contributed by atoms with Crippen LogP contribution in [0, 0.1) is 0 Å². The molecule has 3 aromatic rings. The number of thiazole rings is 1. The summed E-state index contributed by atoms with van der Waals surface area (Å²) in [6.45, 7) is 2.93. The van der Waals surface area contributed by atoms with Crippen molar-refractivity contribution in [2.24, 2.45) is 4.99 Å². The standard InChI is InChI=1S/C20H22N2O2S/c1-3-14-22-19-16(24-2)10-7-11-17(19)25-20(22)21-18(23)13-12-15-8-5-4-6-9-15/h4-11H,3,12-14H2,1-2H3. The van der Waals surface area contributed by atoms with Crippen molar-refractivity contribution in [3.8, 4) is 5.75 Å². The molecule has 2 aromatic carbocycles. The number of rotatable bonds is 6. The molecule has 0 aliphatic rings. The molecule has 0 saturated carbocycles. The summed E-state index contributed by atoms with van der Waals surface area (Å²) in [6, 6.07) is 16.0. The summed E-state index contributed by atoms with van der Waals surface area (Å²) in [5.74, 6) is 0.736. The molecule has 0 atom stereocenters. The van der Waals surface area contributed by atoms with E-state index in [2.05, 4.69) is 16.5 Å². The van der Waals surface area contributed by atoms with E-state index in [0.29, 0.717) is 12.8 Å². The van der Waals surface area contributed by atoms with Crippen LogP contribution in [-0.2, 0) is 17.8 Å². The highest BCUT2D eigenvalue weighted by atomic mass is 32.1. The SMILES string of the molecule is CCCn1c(=NC(=O)CCc2ccccc2)sc2cccc(OC)c21. The molecule has 0 radical (unpaired) electrons. The van der Waals surface area contributed by atoms with Crippen molar-refractivity contribution in [3.63, 3.8) is 0 Å². The van der Waals surface area contributed by atoms with Crippen LogP contribution in [0.3, 0.4) is 0 Å². The van der Waals surface area contributed by atoms with Crippen LogP contribution in [-0.4, -0.2) is 17.6 Å². The average molecular weight is 354 g/mol. The number of para-hydroxylation sites is 1. The molecule has 0 fully saturated rings. The van der Waals surface area contributed by atoms with Gasteiger partial charge in [-0.05, 0) is 30.5 Å². The van der Waals surface area contributed by atoms with Gasteiger partial charge in [0.05, 0.1) is 11.8 Å². The largest absolute Gasteiger partial charge is 0.495 e. The van der Waals surface area contributed by atoms with Crippen LogP contribution < -0.4 is 9.54 Å². The van der Waals surface area contributed by atoms with Gasteiger partial charge in [-0.1, -0.05) is 54.7 Å². The highest BCUT2D eigenvalue weighted by molar-refractivity contribution is 7.16. The van der Waals surface area contributed by atoms with E-state index in [0.717, 1.165) is 39.3 Å². The number of carbonyl (C=O) groups is 1. The molecule has 4 nitrogen and oxygen atoms in total. The van der Waals surface area contributed by atoms with Crippen LogP contribution in [0.25, 0.3) is 10.2 Å². The maximum atomic E-state index is 12.4. The molecule has 0 N–H and O–H groups in total. The molecular weight excluding hydrogens is 332 g/mol. The molecule has 0 unspecified atom stereocenters. The second kappa shape index (κ2) is 8.12. The maximum Gasteiger partial charge on any atom is 0.248 e. The number of carbonyl (C=O) groups excluding carboxylic acids is 1. The predicted molar refractivity (Wildman–Crippen MR) is 102 cm³/mol. The molecule has 25 heavy (non-hydrogen) atoms. The molecule has 0 aliphatic heterocycles. The first-order valence-electron chi connectivity index (χ1n) is 8.50. The van der Waals surface area contributed by atoms with Gasteiger partial charge in [0, 0.05) is 13.0 Å². The normalized spacial score (nSPS) is 11.8. The predicted octanol–water partition coefficient (Wildman–Crippen LogP) is 4.18. The number of benzene rings is 2. The number of aromatic nitrogens is 1. The number of aryl methyl sites for hydroxylation is 2. The van der Waals surface area contributed by atoms with E-state index in [4.69, 9.17) is 4.74 Å². The first-order valence-corrected chi connectivity index (χ1v) is 9.32. The molecule has 0 aliphatic carbocycles. The van der Waals surface area contributed by atoms with E-state index in [1.54, 1.807) is 7.11 Å². The molecule has 1 heterocycles. The highest BCUT2D eigenvalue weighted by Crippen LogP contribution is 2.27. The van der Waals surface area contributed by atoms with Crippen LogP contribution in [0.1, 0.15) is 25.3 Å². The summed E-state index contributed by atoms with van der Waals surface area (Å²) in [6.07, 6.45) is 2.10. The Balaban J connectivity index is 1.92. The lowest BCUT2D eigenvalue weighted by Gasteiger charge is -2.07. The Labute approximate surface area is 151 Å². The van der Waals surface area contributed by atoms with Gasteiger partial charge in [0.1, 0.15) is 11.3 Å². The number of nitrogens with zero attached hydrogens (tertiary/aromatic N) is 2. The summed E-state index contributed by atoms with van der Waals surface area (Å²) in [7, 11) is 1.67. The number of fused-ring (bicyclic) bond motifs is 1. The van der Waals surface area contributed by atoms with E-state index in [1.165, 1.54) is 11.3 Å². The number of methoxy groups -OCH3 is 1. The van der Waals surface area contributed by atoms with Crippen LogP contribution >= 0.6 is 11.3 Å². The minimum atomic E-state index is -0.0840. The maximum absolute atomic E-state index is 12.4. The van der Waals surface area contributed by atoms with Gasteiger partial charge in [-0.3, -0.25) is 4.79 Å². The van der Waals surface area contributed by atoms with E-state index in [-0.39, 0.29) is 5.91 Å². The van der Waals surface area contributed by atoms with Crippen molar-refractivity contribution < 1.29 is 9.53 Å². The number of hydrogen-bond donors (Lipinski definition) is 0. The monoisotopic (exact) mass is 354 g/mol. The third kappa shape index (κ3) is 3.99. The minimum Gasteiger partial charge on any atom is -0.495 e. The Morgan fingerprint density at radius 1 is 1.16 bits per heavy atom. The quantitative estimate of drug-likeness (QED) is 0.666. The fourth-order valence-electron chi connectivity index (χ4n) is 2.84. The van der Waals surface area contributed by atoms with Crippen molar-refractivity contribution in [1.29, 1.82) is 0 Å². The third-order valence-electron chi connectivity index (χ3n) is 4.02. The van der Waals surface area contributed by atoms with E-state index in [1.807, 2.05) is 48.5 Å². The van der Waals surface area contributed by atoms with Crippen LogP contribution in [0.4, 0.5) is 0 Å². The summed E-state index contributed by atoms with van der Waals surface area (Å²) >= 11 is 1.54. The second-order valence-corrected chi connectivity index (χ2v) is 6.84. The molecular formula is C20H22N2O2S. The fraction of sp³-hybridized carbons (Fsp3) is 0.300. The zero-order valence-corrected chi connectivity index (χ0v) is 15.4. The van der Waals surface area contributed by atoms with Crippen LogP contribution in [0.15, 0.2) is 53.5 Å². The van der Waals surface area contributed by atoms with Crippen molar-refractivity contribution >= 4 is 27.5 Å². The van der Waals surface area contributed by atoms with E-state index < -0.39 is 0 Å². The first-order chi connectivity index (χ1) is 12.2. The molecule has 1 amide bonds. The van der Waals surface area contributed by atoms with E-state index >= 15 is 0 Å². The summed E-state index contributed by atoms with van der Waals surface area (Å²) in [4.78, 5) is 17.5. The van der Waals surface area contributed by atoms with Gasteiger partial charge in [0.2, 0.25) is 5.91 Å². The Morgan fingerprint density at radius 3 is 2.68 bits per heavy atom. The fourth-order valence-corrected chi connectivity index (χ4v) is 3.93. The third-order valence-corrected chi connectivity index (χ3v) is 5.07. The van der Waals surface area contributed by atoms with Gasteiger partial charge in [-0.15, -0.1) is 0 Å². The van der Waals surface area contributed by atoms with E-state index in [9.17, 15) is 4.79 Å². The molecule has 0 saturated heterocycles. The Kier molecular flexibility index (Phi) is 5.66. The Morgan fingerprint density at radius 2 is 1.96 bits per heavy atom. The summed E-state index contributed by atoms with van der Waals surface area (Å²) in [5, 5.41) is 0. The van der Waals surface area contributed by atoms with Gasteiger partial charge >= 0.3 is 0 Å². The molecule has 0 spiro atoms. The van der Waals surface area contributed by atoms with Crippen molar-refractivity contribution in [3.05, 3.63) is 58.9 Å². The summed E-state index contributed by atoms with van der Waals surface area (Å²) < 4.78 is 8.68. The van der Waals surface area contributed by atoms with Gasteiger partial charge < -0.3 is 9.30 Å².